The summed E-state index contributed by atoms with van der Waals surface area (Å²) in [6.07, 6.45) is 1.20. The monoisotopic (exact) mass is 191 g/mol. The van der Waals surface area contributed by atoms with Crippen molar-refractivity contribution in [1.82, 2.24) is 0 Å². The summed E-state index contributed by atoms with van der Waals surface area (Å²) in [5, 5.41) is 12.1. The van der Waals surface area contributed by atoms with Crippen molar-refractivity contribution in [2.45, 2.75) is 12.5 Å². The Morgan fingerprint density at radius 3 is 2.57 bits per heavy atom. The molecule has 1 aromatic rings. The normalized spacial score (nSPS) is 14.1. The van der Waals surface area contributed by atoms with E-state index in [2.05, 4.69) is 11.9 Å². The fourth-order valence-corrected chi connectivity index (χ4v) is 0.872. The van der Waals surface area contributed by atoms with Crippen LogP contribution in [0.3, 0.4) is 0 Å². The molecule has 1 atom stereocenters. The molecule has 0 radical (unpaired) electrons. The fraction of sp³-hybridized carbons (Fsp3) is 0.182. The van der Waals surface area contributed by atoms with Crippen LogP contribution in [-0.4, -0.2) is 16.6 Å². The second kappa shape index (κ2) is 4.07. The van der Waals surface area contributed by atoms with Crippen LogP contribution in [0.15, 0.2) is 43.0 Å². The van der Waals surface area contributed by atoms with Gasteiger partial charge in [-0.05, 0) is 19.1 Å². The molecule has 0 aromatic heterocycles. The molecule has 14 heavy (non-hydrogen) atoms. The Kier molecular flexibility index (Phi) is 3.04. The molecular weight excluding hydrogens is 178 g/mol. The molecule has 0 aliphatic carbocycles. The van der Waals surface area contributed by atoms with Gasteiger partial charge in [0.25, 0.3) is 5.91 Å². The van der Waals surface area contributed by atoms with Gasteiger partial charge in [-0.1, -0.05) is 30.9 Å². The molecule has 0 saturated carbocycles. The van der Waals surface area contributed by atoms with E-state index in [-0.39, 0.29) is 0 Å². The first-order valence-corrected chi connectivity index (χ1v) is 4.29. The Hall–Kier alpha value is -1.61. The van der Waals surface area contributed by atoms with Gasteiger partial charge in [0.1, 0.15) is 0 Å². The maximum Gasteiger partial charge on any atom is 0.260 e. The minimum absolute atomic E-state index is 0.487. The average molecular weight is 191 g/mol. The van der Waals surface area contributed by atoms with Gasteiger partial charge in [-0.15, -0.1) is 0 Å². The Morgan fingerprint density at radius 2 is 2.07 bits per heavy atom. The highest BCUT2D eigenvalue weighted by Gasteiger charge is 2.25. The number of hydrogen-bond donors (Lipinski definition) is 2. The van der Waals surface area contributed by atoms with Crippen LogP contribution in [0.4, 0.5) is 5.69 Å². The van der Waals surface area contributed by atoms with E-state index in [0.717, 1.165) is 0 Å². The first kappa shape index (κ1) is 10.5. The Balaban J connectivity index is 2.72. The third-order valence-electron chi connectivity index (χ3n) is 1.89. The van der Waals surface area contributed by atoms with Crippen molar-refractivity contribution in [2.75, 3.05) is 5.32 Å². The average Bonchev–Trinajstić information content (AvgIpc) is 2.19. The van der Waals surface area contributed by atoms with Crippen LogP contribution in [-0.2, 0) is 4.79 Å². The highest BCUT2D eigenvalue weighted by Crippen LogP contribution is 2.10. The minimum Gasteiger partial charge on any atom is -0.376 e. The summed E-state index contributed by atoms with van der Waals surface area (Å²) in [6, 6.07) is 8.95. The van der Waals surface area contributed by atoms with Gasteiger partial charge in [-0.25, -0.2) is 0 Å². The number of hydrogen-bond acceptors (Lipinski definition) is 2. The molecule has 0 aliphatic rings. The molecule has 0 unspecified atom stereocenters. The summed E-state index contributed by atoms with van der Waals surface area (Å²) in [6.45, 7) is 4.77. The van der Waals surface area contributed by atoms with E-state index in [9.17, 15) is 9.90 Å². The molecule has 3 nitrogen and oxygen atoms in total. The summed E-state index contributed by atoms with van der Waals surface area (Å²) in [4.78, 5) is 11.4. The maximum atomic E-state index is 11.4. The van der Waals surface area contributed by atoms with Crippen LogP contribution in [0.2, 0.25) is 0 Å². The third kappa shape index (κ3) is 2.44. The Labute approximate surface area is 83.1 Å². The van der Waals surface area contributed by atoms with Crippen molar-refractivity contribution in [3.05, 3.63) is 43.0 Å². The lowest BCUT2D eigenvalue weighted by Crippen LogP contribution is -2.37. The lowest BCUT2D eigenvalue weighted by molar-refractivity contribution is -0.128. The minimum atomic E-state index is -1.53. The topological polar surface area (TPSA) is 49.3 Å². The number of para-hydroxylation sites is 1. The summed E-state index contributed by atoms with van der Waals surface area (Å²) in [5.41, 5.74) is -0.879. The van der Waals surface area contributed by atoms with Crippen LogP contribution >= 0.6 is 0 Å². The first-order chi connectivity index (χ1) is 6.56. The maximum absolute atomic E-state index is 11.4. The summed E-state index contributed by atoms with van der Waals surface area (Å²) in [7, 11) is 0. The number of rotatable bonds is 3. The number of amides is 1. The first-order valence-electron chi connectivity index (χ1n) is 4.29. The van der Waals surface area contributed by atoms with Gasteiger partial charge in [-0.2, -0.15) is 0 Å². The molecule has 3 heteroatoms. The fourth-order valence-electron chi connectivity index (χ4n) is 0.872. The van der Waals surface area contributed by atoms with Crippen LogP contribution < -0.4 is 5.32 Å². The standard InChI is InChI=1S/C11H13NO2/c1-3-11(2,14)10(13)12-9-7-5-4-6-8-9/h3-8,14H,1H2,2H3,(H,12,13)/t11-/m0/s1. The molecule has 1 rings (SSSR count). The summed E-state index contributed by atoms with van der Waals surface area (Å²) >= 11 is 0. The van der Waals surface area contributed by atoms with Crippen molar-refractivity contribution in [2.24, 2.45) is 0 Å². The van der Waals surface area contributed by atoms with Crippen molar-refractivity contribution in [1.29, 1.82) is 0 Å². The highest BCUT2D eigenvalue weighted by molar-refractivity contribution is 5.98. The van der Waals surface area contributed by atoms with Gasteiger partial charge in [0, 0.05) is 5.69 Å². The second-order valence-corrected chi connectivity index (χ2v) is 3.17. The van der Waals surface area contributed by atoms with Gasteiger partial charge in [0.15, 0.2) is 5.60 Å². The zero-order chi connectivity index (χ0) is 10.6. The number of nitrogens with one attached hydrogen (secondary N) is 1. The predicted molar refractivity (Wildman–Crippen MR) is 55.9 cm³/mol. The van der Waals surface area contributed by atoms with E-state index in [1.807, 2.05) is 6.07 Å². The molecule has 74 valence electrons. The van der Waals surface area contributed by atoms with Gasteiger partial charge < -0.3 is 10.4 Å². The quantitative estimate of drug-likeness (QED) is 0.712. The van der Waals surface area contributed by atoms with Gasteiger partial charge in [0.2, 0.25) is 0 Å². The molecule has 1 aromatic carbocycles. The molecule has 0 fully saturated rings. The van der Waals surface area contributed by atoms with Gasteiger partial charge in [0.05, 0.1) is 0 Å². The van der Waals surface area contributed by atoms with Crippen LogP contribution in [0.25, 0.3) is 0 Å². The Bertz CT molecular complexity index is 330. The summed E-state index contributed by atoms with van der Waals surface area (Å²) < 4.78 is 0. The van der Waals surface area contributed by atoms with Crippen LogP contribution in [0.1, 0.15) is 6.92 Å². The highest BCUT2D eigenvalue weighted by atomic mass is 16.3. The van der Waals surface area contributed by atoms with Crippen molar-refractivity contribution in [3.63, 3.8) is 0 Å². The largest absolute Gasteiger partial charge is 0.376 e. The number of aliphatic hydroxyl groups is 1. The van der Waals surface area contributed by atoms with E-state index in [1.165, 1.54) is 13.0 Å². The molecule has 0 saturated heterocycles. The molecule has 0 heterocycles. The smallest absolute Gasteiger partial charge is 0.260 e. The summed E-state index contributed by atoms with van der Waals surface area (Å²) in [5.74, 6) is -0.487. The van der Waals surface area contributed by atoms with Crippen molar-refractivity contribution < 1.29 is 9.90 Å². The number of carbonyl (C=O) groups is 1. The molecule has 0 spiro atoms. The molecular formula is C11H13NO2. The van der Waals surface area contributed by atoms with E-state index in [4.69, 9.17) is 0 Å². The van der Waals surface area contributed by atoms with E-state index in [1.54, 1.807) is 24.3 Å². The van der Waals surface area contributed by atoms with E-state index in [0.29, 0.717) is 5.69 Å². The van der Waals surface area contributed by atoms with Gasteiger partial charge >= 0.3 is 0 Å². The zero-order valence-electron chi connectivity index (χ0n) is 8.03. The Morgan fingerprint density at radius 1 is 1.50 bits per heavy atom. The predicted octanol–water partition coefficient (Wildman–Crippen LogP) is 1.56. The molecule has 0 bridgehead atoms. The third-order valence-corrected chi connectivity index (χ3v) is 1.89. The van der Waals surface area contributed by atoms with Gasteiger partial charge in [-0.3, -0.25) is 4.79 Å². The lowest BCUT2D eigenvalue weighted by atomic mass is 10.1. The van der Waals surface area contributed by atoms with Crippen LogP contribution in [0.5, 0.6) is 0 Å². The molecule has 2 N–H and O–H groups in total. The zero-order valence-corrected chi connectivity index (χ0v) is 8.03. The van der Waals surface area contributed by atoms with Crippen LogP contribution in [0, 0.1) is 0 Å². The molecule has 1 amide bonds. The second-order valence-electron chi connectivity index (χ2n) is 3.17. The number of carbonyl (C=O) groups excluding carboxylic acids is 1. The van der Waals surface area contributed by atoms with E-state index >= 15 is 0 Å². The molecule has 0 aliphatic heterocycles. The number of anilines is 1. The van der Waals surface area contributed by atoms with Crippen molar-refractivity contribution >= 4 is 11.6 Å². The number of benzene rings is 1. The van der Waals surface area contributed by atoms with E-state index < -0.39 is 11.5 Å². The SMILES string of the molecule is C=C[C@](C)(O)C(=O)Nc1ccccc1. The lowest BCUT2D eigenvalue weighted by Gasteiger charge is -2.17. The van der Waals surface area contributed by atoms with Crippen molar-refractivity contribution in [3.8, 4) is 0 Å².